The number of nitrogens with one attached hydrogen (secondary N) is 1. The quantitative estimate of drug-likeness (QED) is 0.166. The molecule has 10 aromatic rings. The molecule has 0 aliphatic carbocycles. The molecule has 1 atom stereocenters. The van der Waals surface area contributed by atoms with Crippen molar-refractivity contribution in [2.24, 2.45) is 4.99 Å². The zero-order valence-corrected chi connectivity index (χ0v) is 33.8. The van der Waals surface area contributed by atoms with Gasteiger partial charge < -0.3 is 5.32 Å². The first-order valence-electron chi connectivity index (χ1n) is 20.4. The van der Waals surface area contributed by atoms with E-state index in [-0.39, 0.29) is 6.04 Å². The number of aliphatic imine (C=N–C) groups is 1. The zero-order valence-electron chi connectivity index (χ0n) is 33.0. The van der Waals surface area contributed by atoms with Crippen LogP contribution in [-0.2, 0) is 0 Å². The van der Waals surface area contributed by atoms with Crippen LogP contribution in [-0.4, -0.2) is 20.8 Å². The van der Waals surface area contributed by atoms with Crippen LogP contribution in [0, 0.1) is 0 Å². The third kappa shape index (κ3) is 7.09. The van der Waals surface area contributed by atoms with Crippen LogP contribution in [0.2, 0.25) is 0 Å². The van der Waals surface area contributed by atoms with Crippen molar-refractivity contribution in [3.05, 3.63) is 229 Å². The number of hydrogen-bond acceptors (Lipinski definition) is 6. The molecule has 0 fully saturated rings. The number of hydrogen-bond donors (Lipinski definition) is 1. The maximum absolute atomic E-state index is 5.25. The normalized spacial score (nSPS) is 13.7. The van der Waals surface area contributed by atoms with Crippen LogP contribution in [0.1, 0.15) is 22.7 Å². The van der Waals surface area contributed by atoms with E-state index in [1.807, 2.05) is 78.1 Å². The molecular weight excluding hydrogens is 763 g/mol. The fourth-order valence-corrected chi connectivity index (χ4v) is 9.44. The van der Waals surface area contributed by atoms with E-state index in [1.165, 1.54) is 31.3 Å². The van der Waals surface area contributed by atoms with E-state index in [0.29, 0.717) is 17.5 Å². The van der Waals surface area contributed by atoms with E-state index in [4.69, 9.17) is 19.9 Å². The van der Waals surface area contributed by atoms with Gasteiger partial charge in [-0.25, -0.2) is 19.9 Å². The highest BCUT2D eigenvalue weighted by Crippen LogP contribution is 2.45. The fraction of sp³-hybridized carbons (Fsp3) is 0.0182. The van der Waals surface area contributed by atoms with Crippen molar-refractivity contribution in [2.45, 2.75) is 6.04 Å². The van der Waals surface area contributed by atoms with Crippen molar-refractivity contribution in [2.75, 3.05) is 0 Å². The van der Waals surface area contributed by atoms with E-state index in [1.54, 1.807) is 0 Å². The SMILES string of the molecule is C1=C(c2ccccc2)N=C(c2cccc(-c3c(-c4ccc(-c5nc(-c6ccccc6)nc(-c6ccccc6)n5)cc4)ccc4c3sc3ccccc34)c2)NC1c1ccccc1. The summed E-state index contributed by atoms with van der Waals surface area (Å²) in [5, 5.41) is 6.30. The first-order chi connectivity index (χ1) is 30.2. The average Bonchev–Trinajstić information content (AvgIpc) is 3.73. The lowest BCUT2D eigenvalue weighted by Crippen LogP contribution is -2.31. The molecule has 0 spiro atoms. The van der Waals surface area contributed by atoms with Crippen molar-refractivity contribution < 1.29 is 0 Å². The van der Waals surface area contributed by atoms with Gasteiger partial charge in [-0.15, -0.1) is 11.3 Å². The van der Waals surface area contributed by atoms with E-state index >= 15 is 0 Å². The molecule has 6 heteroatoms. The van der Waals surface area contributed by atoms with E-state index < -0.39 is 0 Å². The van der Waals surface area contributed by atoms with Gasteiger partial charge in [0.1, 0.15) is 5.84 Å². The topological polar surface area (TPSA) is 63.1 Å². The Bertz CT molecular complexity index is 3190. The first-order valence-corrected chi connectivity index (χ1v) is 21.2. The third-order valence-electron chi connectivity index (χ3n) is 11.2. The van der Waals surface area contributed by atoms with Crippen LogP contribution in [0.25, 0.3) is 82.3 Å². The maximum atomic E-state index is 5.25. The minimum Gasteiger partial charge on any atom is -0.359 e. The lowest BCUT2D eigenvalue weighted by molar-refractivity contribution is 0.781. The maximum Gasteiger partial charge on any atom is 0.164 e. The largest absolute Gasteiger partial charge is 0.359 e. The van der Waals surface area contributed by atoms with Crippen molar-refractivity contribution in [3.63, 3.8) is 0 Å². The second-order valence-corrected chi connectivity index (χ2v) is 16.1. The van der Waals surface area contributed by atoms with Crippen LogP contribution in [0.4, 0.5) is 0 Å². The molecular formula is C55H37N5S. The summed E-state index contributed by atoms with van der Waals surface area (Å²) < 4.78 is 2.52. The number of nitrogens with zero attached hydrogens (tertiary/aromatic N) is 4. The summed E-state index contributed by atoms with van der Waals surface area (Å²) in [4.78, 5) is 20.1. The molecule has 1 unspecified atom stereocenters. The molecule has 8 aromatic carbocycles. The minimum atomic E-state index is -0.0374. The van der Waals surface area contributed by atoms with Crippen molar-refractivity contribution in [1.82, 2.24) is 20.3 Å². The van der Waals surface area contributed by atoms with Crippen LogP contribution in [0.5, 0.6) is 0 Å². The Kier molecular flexibility index (Phi) is 9.37. The van der Waals surface area contributed by atoms with Gasteiger partial charge in [-0.2, -0.15) is 0 Å². The molecule has 11 rings (SSSR count). The Morgan fingerprint density at radius 2 is 0.934 bits per heavy atom. The predicted molar refractivity (Wildman–Crippen MR) is 253 cm³/mol. The molecule has 1 aliphatic heterocycles. The minimum absolute atomic E-state index is 0.0374. The second kappa shape index (κ2) is 15.8. The van der Waals surface area contributed by atoms with Gasteiger partial charge in [-0.1, -0.05) is 194 Å². The van der Waals surface area contributed by atoms with Gasteiger partial charge >= 0.3 is 0 Å². The monoisotopic (exact) mass is 799 g/mol. The van der Waals surface area contributed by atoms with Crippen molar-refractivity contribution in [3.8, 4) is 56.4 Å². The van der Waals surface area contributed by atoms with Gasteiger partial charge in [0.25, 0.3) is 0 Å². The van der Waals surface area contributed by atoms with Gasteiger partial charge in [0.05, 0.1) is 11.7 Å². The molecule has 0 bridgehead atoms. The summed E-state index contributed by atoms with van der Waals surface area (Å²) in [5.74, 6) is 2.76. The molecule has 2 aromatic heterocycles. The molecule has 1 N–H and O–H groups in total. The van der Waals surface area contributed by atoms with Gasteiger partial charge in [-0.3, -0.25) is 0 Å². The standard InChI is InChI=1S/C55H37N5S/c1-5-16-37(17-6-1)47-35-48(38-18-7-2-8-19-38)57-55(56-47)43-25-15-24-42(34-43)50-44(32-33-46-45-26-13-14-27-49(45)61-51(46)50)36-28-30-41(31-29-36)54-59-52(39-20-9-3-10-21-39)58-53(60-54)40-22-11-4-12-23-40/h1-35,47H,(H,56,57). The summed E-state index contributed by atoms with van der Waals surface area (Å²) in [6.07, 6.45) is 2.22. The van der Waals surface area contributed by atoms with Crippen molar-refractivity contribution >= 4 is 43.0 Å². The van der Waals surface area contributed by atoms with Crippen molar-refractivity contribution in [1.29, 1.82) is 0 Å². The number of fused-ring (bicyclic) bond motifs is 3. The van der Waals surface area contributed by atoms with Gasteiger partial charge in [-0.05, 0) is 46.0 Å². The number of aromatic nitrogens is 3. The lowest BCUT2D eigenvalue weighted by Gasteiger charge is -2.25. The molecule has 0 amide bonds. The van der Waals surface area contributed by atoms with E-state index in [9.17, 15) is 0 Å². The molecule has 0 saturated heterocycles. The Labute approximate surface area is 358 Å². The fourth-order valence-electron chi connectivity index (χ4n) is 8.17. The van der Waals surface area contributed by atoms with E-state index in [0.717, 1.165) is 56.0 Å². The molecule has 3 heterocycles. The summed E-state index contributed by atoms with van der Waals surface area (Å²) in [6.45, 7) is 0. The number of amidine groups is 1. The number of benzene rings is 8. The second-order valence-electron chi connectivity index (χ2n) is 15.1. The van der Waals surface area contributed by atoms with Gasteiger partial charge in [0.2, 0.25) is 0 Å². The zero-order chi connectivity index (χ0) is 40.5. The Balaban J connectivity index is 1.03. The summed E-state index contributed by atoms with van der Waals surface area (Å²) in [7, 11) is 0. The van der Waals surface area contributed by atoms with Crippen LogP contribution >= 0.6 is 11.3 Å². The molecule has 0 saturated carbocycles. The Hall–Kier alpha value is -7.80. The summed E-state index contributed by atoms with van der Waals surface area (Å²) in [5.41, 5.74) is 11.6. The lowest BCUT2D eigenvalue weighted by atomic mass is 9.91. The molecule has 0 radical (unpaired) electrons. The predicted octanol–water partition coefficient (Wildman–Crippen LogP) is 13.7. The Morgan fingerprint density at radius 3 is 1.59 bits per heavy atom. The highest BCUT2D eigenvalue weighted by molar-refractivity contribution is 7.26. The molecule has 288 valence electrons. The van der Waals surface area contributed by atoms with Gasteiger partial charge in [0, 0.05) is 48.0 Å². The highest BCUT2D eigenvalue weighted by Gasteiger charge is 2.22. The molecule has 1 aliphatic rings. The van der Waals surface area contributed by atoms with Crippen LogP contribution in [0.15, 0.2) is 217 Å². The smallest absolute Gasteiger partial charge is 0.164 e. The summed E-state index contributed by atoms with van der Waals surface area (Å²) in [6, 6.07) is 71.9. The average molecular weight is 800 g/mol. The molecule has 61 heavy (non-hydrogen) atoms. The third-order valence-corrected chi connectivity index (χ3v) is 12.4. The highest BCUT2D eigenvalue weighted by atomic mass is 32.1. The number of thiophene rings is 1. The summed E-state index contributed by atoms with van der Waals surface area (Å²) >= 11 is 1.85. The van der Waals surface area contributed by atoms with Gasteiger partial charge in [0.15, 0.2) is 17.5 Å². The molecule has 5 nitrogen and oxygen atoms in total. The van der Waals surface area contributed by atoms with Crippen LogP contribution in [0.3, 0.4) is 0 Å². The van der Waals surface area contributed by atoms with E-state index in [2.05, 4.69) is 151 Å². The number of rotatable bonds is 8. The van der Waals surface area contributed by atoms with Crippen LogP contribution < -0.4 is 5.32 Å². The first kappa shape index (κ1) is 36.3. The Morgan fingerprint density at radius 1 is 0.410 bits per heavy atom.